The molecular formula is C61H100NO8P. The predicted molar refractivity (Wildman–Crippen MR) is 302 cm³/mol. The normalized spacial score (nSPS) is 14.1. The molecule has 0 heterocycles. The zero-order valence-corrected chi connectivity index (χ0v) is 45.5. The molecule has 0 saturated carbocycles. The number of rotatable bonds is 50. The van der Waals surface area contributed by atoms with E-state index in [1.807, 2.05) is 0 Å². The second kappa shape index (κ2) is 55.5. The number of carbonyl (C=O) groups is 2. The van der Waals surface area contributed by atoms with Crippen molar-refractivity contribution >= 4 is 19.8 Å². The van der Waals surface area contributed by atoms with Gasteiger partial charge in [-0.1, -0.05) is 212 Å². The number of allylic oxidation sites excluding steroid dienone is 22. The molecule has 71 heavy (non-hydrogen) atoms. The minimum atomic E-state index is -4.40. The first-order valence-electron chi connectivity index (χ1n) is 27.7. The summed E-state index contributed by atoms with van der Waals surface area (Å²) in [5.41, 5.74) is 5.37. The fourth-order valence-electron chi connectivity index (χ4n) is 6.95. The molecule has 9 nitrogen and oxygen atoms in total. The summed E-state index contributed by atoms with van der Waals surface area (Å²) >= 11 is 0. The Labute approximate surface area is 434 Å². The molecule has 2 atom stereocenters. The molecule has 0 radical (unpaired) electrons. The summed E-state index contributed by atoms with van der Waals surface area (Å²) in [5, 5.41) is 0. The van der Waals surface area contributed by atoms with Gasteiger partial charge in [-0.15, -0.1) is 0 Å². The van der Waals surface area contributed by atoms with Crippen LogP contribution in [0, 0.1) is 0 Å². The monoisotopic (exact) mass is 1010 g/mol. The number of carbonyl (C=O) groups excluding carboxylic acids is 2. The molecule has 10 heteroatoms. The Bertz CT molecular complexity index is 1620. The SMILES string of the molecule is CC/C=C\C/C=C\C/C=C\C/C=C\C/C=C\C/C=C\C/C=C\C/C=C\C/C=C\CCCCCCCCCC(=O)OC(COC(=O)CCCCCCC/C=C\C/C=C\CCCCC)COP(=O)(O)OCCN. The Balaban J connectivity index is 4.06. The average molecular weight is 1010 g/mol. The molecule has 0 rings (SSSR count). The largest absolute Gasteiger partial charge is 0.472 e. The molecule has 402 valence electrons. The van der Waals surface area contributed by atoms with E-state index < -0.39 is 32.5 Å². The van der Waals surface area contributed by atoms with Crippen molar-refractivity contribution in [1.82, 2.24) is 0 Å². The standard InChI is InChI=1S/C61H100NO8P/c1-3-5-7-9-11-13-15-17-19-20-21-22-23-24-25-26-27-28-29-30-31-32-33-34-35-36-37-38-40-42-44-46-48-50-52-54-61(64)70-59(58-69-71(65,66)68-56-55-62)57-67-60(63)53-51-49-47-45-43-41-39-18-16-14-12-10-8-6-4-2/h5,7,11-14,17-19,21-22,24-25,27-28,30-31,33-34,36-37,39,59H,3-4,6,8-10,15-16,20,23,26,29,32,35,38,40-58,62H2,1-2H3,(H,65,66)/b7-5-,13-11-,14-12-,19-17-,22-21-,25-24-,28-27-,31-30-,34-33-,37-36-,39-18-. The molecular weight excluding hydrogens is 906 g/mol. The Hall–Kier alpha value is -3.85. The molecule has 0 amide bonds. The van der Waals surface area contributed by atoms with Gasteiger partial charge in [0.1, 0.15) is 6.61 Å². The lowest BCUT2D eigenvalue weighted by atomic mass is 10.1. The Morgan fingerprint density at radius 1 is 0.437 bits per heavy atom. The van der Waals surface area contributed by atoms with Crippen LogP contribution in [-0.2, 0) is 32.7 Å². The number of hydrogen-bond acceptors (Lipinski definition) is 8. The highest BCUT2D eigenvalue weighted by Crippen LogP contribution is 2.43. The molecule has 2 unspecified atom stereocenters. The van der Waals surface area contributed by atoms with Crippen LogP contribution >= 0.6 is 7.82 Å². The zero-order chi connectivity index (χ0) is 51.7. The maximum absolute atomic E-state index is 12.7. The second-order valence-electron chi connectivity index (χ2n) is 17.7. The first-order chi connectivity index (χ1) is 34.8. The summed E-state index contributed by atoms with van der Waals surface area (Å²) in [4.78, 5) is 35.1. The third kappa shape index (κ3) is 55.3. The molecule has 0 saturated heterocycles. The van der Waals surface area contributed by atoms with E-state index in [0.717, 1.165) is 128 Å². The van der Waals surface area contributed by atoms with Gasteiger partial charge in [-0.05, 0) is 116 Å². The molecule has 0 aliphatic carbocycles. The summed E-state index contributed by atoms with van der Waals surface area (Å²) in [6.07, 6.45) is 77.8. The van der Waals surface area contributed by atoms with Gasteiger partial charge in [0.25, 0.3) is 0 Å². The zero-order valence-electron chi connectivity index (χ0n) is 44.7. The van der Waals surface area contributed by atoms with E-state index in [9.17, 15) is 19.0 Å². The number of ether oxygens (including phenoxy) is 2. The Kier molecular flexibility index (Phi) is 52.5. The van der Waals surface area contributed by atoms with Crippen LogP contribution < -0.4 is 5.73 Å². The highest BCUT2D eigenvalue weighted by atomic mass is 31.2. The number of unbranched alkanes of at least 4 members (excludes halogenated alkanes) is 15. The Morgan fingerprint density at radius 3 is 1.15 bits per heavy atom. The van der Waals surface area contributed by atoms with E-state index in [2.05, 4.69) is 148 Å². The van der Waals surface area contributed by atoms with E-state index in [1.54, 1.807) is 0 Å². The minimum absolute atomic E-state index is 0.0424. The molecule has 0 aromatic rings. The summed E-state index contributed by atoms with van der Waals surface area (Å²) < 4.78 is 32.9. The van der Waals surface area contributed by atoms with Crippen LogP contribution in [0.5, 0.6) is 0 Å². The number of nitrogens with two attached hydrogens (primary N) is 1. The smallest absolute Gasteiger partial charge is 0.462 e. The topological polar surface area (TPSA) is 134 Å². The van der Waals surface area contributed by atoms with Crippen LogP contribution in [0.15, 0.2) is 134 Å². The fraction of sp³-hybridized carbons (Fsp3) is 0.607. The van der Waals surface area contributed by atoms with E-state index >= 15 is 0 Å². The van der Waals surface area contributed by atoms with E-state index in [4.69, 9.17) is 24.3 Å². The van der Waals surface area contributed by atoms with E-state index in [1.165, 1.54) is 38.5 Å². The van der Waals surface area contributed by atoms with Crippen molar-refractivity contribution in [1.29, 1.82) is 0 Å². The average Bonchev–Trinajstić information content (AvgIpc) is 3.36. The van der Waals surface area contributed by atoms with Crippen molar-refractivity contribution in [3.05, 3.63) is 134 Å². The molecule has 0 aromatic heterocycles. The van der Waals surface area contributed by atoms with Crippen molar-refractivity contribution in [2.24, 2.45) is 5.73 Å². The van der Waals surface area contributed by atoms with Gasteiger partial charge in [0.05, 0.1) is 13.2 Å². The number of phosphoric acid groups is 1. The molecule has 0 spiro atoms. The summed E-state index contributed by atoms with van der Waals surface area (Å²) in [6, 6.07) is 0. The van der Waals surface area contributed by atoms with Gasteiger partial charge in [0, 0.05) is 19.4 Å². The summed E-state index contributed by atoms with van der Waals surface area (Å²) in [5.74, 6) is -0.867. The van der Waals surface area contributed by atoms with Crippen molar-refractivity contribution in [2.75, 3.05) is 26.4 Å². The number of hydrogen-bond donors (Lipinski definition) is 2. The van der Waals surface area contributed by atoms with Crippen molar-refractivity contribution in [3.63, 3.8) is 0 Å². The molecule has 0 aliphatic rings. The van der Waals surface area contributed by atoms with Crippen LogP contribution in [0.2, 0.25) is 0 Å². The van der Waals surface area contributed by atoms with Gasteiger partial charge < -0.3 is 20.1 Å². The van der Waals surface area contributed by atoms with Crippen LogP contribution in [-0.4, -0.2) is 49.3 Å². The number of phosphoric ester groups is 1. The number of esters is 2. The van der Waals surface area contributed by atoms with Crippen LogP contribution in [0.1, 0.15) is 206 Å². The highest BCUT2D eigenvalue weighted by molar-refractivity contribution is 7.47. The minimum Gasteiger partial charge on any atom is -0.462 e. The highest BCUT2D eigenvalue weighted by Gasteiger charge is 2.26. The first-order valence-corrected chi connectivity index (χ1v) is 29.2. The van der Waals surface area contributed by atoms with Crippen LogP contribution in [0.4, 0.5) is 0 Å². The second-order valence-corrected chi connectivity index (χ2v) is 19.2. The quantitative estimate of drug-likeness (QED) is 0.0264. The summed E-state index contributed by atoms with van der Waals surface area (Å²) in [6.45, 7) is 3.55. The van der Waals surface area contributed by atoms with Gasteiger partial charge in [-0.25, -0.2) is 4.57 Å². The summed E-state index contributed by atoms with van der Waals surface area (Å²) in [7, 11) is -4.40. The van der Waals surface area contributed by atoms with Crippen molar-refractivity contribution in [3.8, 4) is 0 Å². The van der Waals surface area contributed by atoms with Crippen LogP contribution in [0.25, 0.3) is 0 Å². The van der Waals surface area contributed by atoms with Gasteiger partial charge in [0.15, 0.2) is 6.10 Å². The van der Waals surface area contributed by atoms with Gasteiger partial charge in [-0.2, -0.15) is 0 Å². The van der Waals surface area contributed by atoms with Gasteiger partial charge >= 0.3 is 19.8 Å². The van der Waals surface area contributed by atoms with E-state index in [0.29, 0.717) is 12.8 Å². The third-order valence-corrected chi connectivity index (χ3v) is 12.0. The molecule has 0 aliphatic heterocycles. The lowest BCUT2D eigenvalue weighted by molar-refractivity contribution is -0.161. The van der Waals surface area contributed by atoms with Crippen molar-refractivity contribution < 1.29 is 37.6 Å². The van der Waals surface area contributed by atoms with Gasteiger partial charge in [0.2, 0.25) is 0 Å². The predicted octanol–water partition coefficient (Wildman–Crippen LogP) is 17.4. The first kappa shape index (κ1) is 67.1. The molecule has 0 aromatic carbocycles. The van der Waals surface area contributed by atoms with E-state index in [-0.39, 0.29) is 32.6 Å². The fourth-order valence-corrected chi connectivity index (χ4v) is 7.72. The van der Waals surface area contributed by atoms with Crippen molar-refractivity contribution in [2.45, 2.75) is 213 Å². The van der Waals surface area contributed by atoms with Crippen LogP contribution in [0.3, 0.4) is 0 Å². The maximum Gasteiger partial charge on any atom is 0.472 e. The molecule has 3 N–H and O–H groups in total. The lowest BCUT2D eigenvalue weighted by Crippen LogP contribution is -2.29. The molecule has 0 bridgehead atoms. The maximum atomic E-state index is 12.7. The Morgan fingerprint density at radius 2 is 0.775 bits per heavy atom. The lowest BCUT2D eigenvalue weighted by Gasteiger charge is -2.19. The van der Waals surface area contributed by atoms with Gasteiger partial charge in [-0.3, -0.25) is 18.6 Å². The third-order valence-electron chi connectivity index (χ3n) is 11.0. The molecule has 0 fully saturated rings.